The fourth-order valence-corrected chi connectivity index (χ4v) is 3.02. The monoisotopic (exact) mass is 222 g/mol. The largest absolute Gasteiger partial charge is 0.378 e. The first-order chi connectivity index (χ1) is 6.43. The highest BCUT2D eigenvalue weighted by atomic mass is 32.2. The maximum absolute atomic E-state index is 11.8. The lowest BCUT2D eigenvalue weighted by molar-refractivity contribution is 0.0386. The summed E-state index contributed by atoms with van der Waals surface area (Å²) in [5.41, 5.74) is 0. The molecule has 0 aromatic carbocycles. The average molecular weight is 222 g/mol. The molecule has 84 valence electrons. The van der Waals surface area contributed by atoms with Crippen LogP contribution in [0.4, 0.5) is 0 Å². The van der Waals surface area contributed by atoms with E-state index in [2.05, 4.69) is 4.72 Å². The Labute approximate surface area is 85.6 Å². The maximum atomic E-state index is 11.8. The molecule has 6 heteroatoms. The van der Waals surface area contributed by atoms with Crippen LogP contribution in [-0.2, 0) is 14.9 Å². The molecule has 14 heavy (non-hydrogen) atoms. The summed E-state index contributed by atoms with van der Waals surface area (Å²) >= 11 is 0. The predicted molar refractivity (Wildman–Crippen MR) is 54.2 cm³/mol. The summed E-state index contributed by atoms with van der Waals surface area (Å²) < 4.78 is 32.7. The molecule has 0 saturated carbocycles. The summed E-state index contributed by atoms with van der Waals surface area (Å²) in [5.74, 6) is 0. The molecule has 0 aromatic heterocycles. The van der Waals surface area contributed by atoms with Crippen LogP contribution in [0.3, 0.4) is 0 Å². The molecular formula is C8H18N2O3S. The van der Waals surface area contributed by atoms with Crippen LogP contribution in [0, 0.1) is 0 Å². The Morgan fingerprint density at radius 1 is 1.50 bits per heavy atom. The molecule has 0 spiro atoms. The predicted octanol–water partition coefficient (Wildman–Crippen LogP) is -0.0501. The van der Waals surface area contributed by atoms with Gasteiger partial charge < -0.3 is 4.74 Å². The van der Waals surface area contributed by atoms with Crippen LogP contribution in [0.5, 0.6) is 0 Å². The summed E-state index contributed by atoms with van der Waals surface area (Å²) in [6, 6.07) is -0.157. The quantitative estimate of drug-likeness (QED) is 0.728. The molecule has 0 aliphatic carbocycles. The van der Waals surface area contributed by atoms with E-state index in [1.807, 2.05) is 20.8 Å². The van der Waals surface area contributed by atoms with Gasteiger partial charge in [0.15, 0.2) is 0 Å². The van der Waals surface area contributed by atoms with E-state index in [1.54, 1.807) is 0 Å². The van der Waals surface area contributed by atoms with Crippen molar-refractivity contribution in [2.24, 2.45) is 0 Å². The molecular weight excluding hydrogens is 204 g/mol. The van der Waals surface area contributed by atoms with Crippen molar-refractivity contribution < 1.29 is 13.2 Å². The molecule has 0 aromatic rings. The van der Waals surface area contributed by atoms with Gasteiger partial charge in [-0.1, -0.05) is 0 Å². The zero-order valence-electron chi connectivity index (χ0n) is 8.86. The van der Waals surface area contributed by atoms with Crippen molar-refractivity contribution >= 4 is 10.2 Å². The molecule has 1 rings (SSSR count). The molecule has 0 radical (unpaired) electrons. The lowest BCUT2D eigenvalue weighted by atomic mass is 10.3. The summed E-state index contributed by atoms with van der Waals surface area (Å²) in [6.07, 6.45) is 0. The van der Waals surface area contributed by atoms with Crippen LogP contribution in [0.1, 0.15) is 20.8 Å². The third kappa shape index (κ3) is 2.91. The van der Waals surface area contributed by atoms with Crippen LogP contribution >= 0.6 is 0 Å². The van der Waals surface area contributed by atoms with Gasteiger partial charge in [-0.25, -0.2) is 0 Å². The Balaban J connectivity index is 2.70. The smallest absolute Gasteiger partial charge is 0.280 e. The highest BCUT2D eigenvalue weighted by molar-refractivity contribution is 7.87. The third-order valence-electron chi connectivity index (χ3n) is 2.00. The highest BCUT2D eigenvalue weighted by Gasteiger charge is 2.30. The van der Waals surface area contributed by atoms with E-state index < -0.39 is 10.2 Å². The van der Waals surface area contributed by atoms with Crippen molar-refractivity contribution in [2.75, 3.05) is 19.8 Å². The third-order valence-corrected chi connectivity index (χ3v) is 3.93. The molecule has 0 bridgehead atoms. The second kappa shape index (κ2) is 4.57. The van der Waals surface area contributed by atoms with E-state index in [4.69, 9.17) is 4.74 Å². The molecule has 1 unspecified atom stereocenters. The summed E-state index contributed by atoms with van der Waals surface area (Å²) in [5, 5.41) is 0. The van der Waals surface area contributed by atoms with Crippen molar-refractivity contribution in [3.63, 3.8) is 0 Å². The van der Waals surface area contributed by atoms with Gasteiger partial charge in [0, 0.05) is 18.6 Å². The number of morpholine rings is 1. The van der Waals surface area contributed by atoms with Gasteiger partial charge in [-0.05, 0) is 20.8 Å². The molecule has 1 N–H and O–H groups in total. The van der Waals surface area contributed by atoms with Gasteiger partial charge in [0.1, 0.15) is 0 Å². The van der Waals surface area contributed by atoms with Crippen molar-refractivity contribution in [3.8, 4) is 0 Å². The normalized spacial score (nSPS) is 25.6. The first-order valence-corrected chi connectivity index (χ1v) is 6.24. The molecule has 1 saturated heterocycles. The second-order valence-electron chi connectivity index (χ2n) is 3.81. The second-order valence-corrected chi connectivity index (χ2v) is 5.47. The lowest BCUT2D eigenvalue weighted by Gasteiger charge is -2.32. The van der Waals surface area contributed by atoms with Gasteiger partial charge in [-0.2, -0.15) is 17.4 Å². The Morgan fingerprint density at radius 3 is 2.64 bits per heavy atom. The molecule has 0 amide bonds. The molecule has 5 nitrogen and oxygen atoms in total. The standard InChI is InChI=1S/C8H18N2O3S/c1-7(2)9-14(11,12)10-4-5-13-6-8(10)3/h7-9H,4-6H2,1-3H3. The first kappa shape index (κ1) is 11.9. The van der Waals surface area contributed by atoms with Crippen molar-refractivity contribution in [1.29, 1.82) is 0 Å². The van der Waals surface area contributed by atoms with Gasteiger partial charge in [0.25, 0.3) is 10.2 Å². The summed E-state index contributed by atoms with van der Waals surface area (Å²) in [6.45, 7) is 6.84. The minimum atomic E-state index is -3.33. The Morgan fingerprint density at radius 2 is 2.14 bits per heavy atom. The van der Waals surface area contributed by atoms with Gasteiger partial charge in [-0.3, -0.25) is 0 Å². The number of nitrogens with zero attached hydrogens (tertiary/aromatic N) is 1. The number of hydrogen-bond acceptors (Lipinski definition) is 3. The van der Waals surface area contributed by atoms with Gasteiger partial charge in [0.2, 0.25) is 0 Å². The minimum absolute atomic E-state index is 0.0740. The van der Waals surface area contributed by atoms with E-state index in [0.29, 0.717) is 19.8 Å². The van der Waals surface area contributed by atoms with Crippen LogP contribution in [0.2, 0.25) is 0 Å². The molecule has 1 aliphatic heterocycles. The molecule has 1 heterocycles. The zero-order valence-corrected chi connectivity index (χ0v) is 9.67. The highest BCUT2D eigenvalue weighted by Crippen LogP contribution is 2.10. The number of rotatable bonds is 3. The van der Waals surface area contributed by atoms with E-state index in [-0.39, 0.29) is 12.1 Å². The summed E-state index contributed by atoms with van der Waals surface area (Å²) in [7, 11) is -3.33. The van der Waals surface area contributed by atoms with E-state index >= 15 is 0 Å². The average Bonchev–Trinajstić information content (AvgIpc) is 2.02. The fraction of sp³-hybridized carbons (Fsp3) is 1.00. The van der Waals surface area contributed by atoms with Gasteiger partial charge in [-0.15, -0.1) is 0 Å². The molecule has 1 fully saturated rings. The van der Waals surface area contributed by atoms with E-state index in [9.17, 15) is 8.42 Å². The zero-order chi connectivity index (χ0) is 10.8. The SMILES string of the molecule is CC(C)NS(=O)(=O)N1CCOCC1C. The Bertz CT molecular complexity index is 276. The van der Waals surface area contributed by atoms with Gasteiger partial charge in [0.05, 0.1) is 13.2 Å². The first-order valence-electron chi connectivity index (χ1n) is 4.80. The molecule has 1 atom stereocenters. The van der Waals surface area contributed by atoms with Crippen molar-refractivity contribution in [3.05, 3.63) is 0 Å². The van der Waals surface area contributed by atoms with Crippen molar-refractivity contribution in [2.45, 2.75) is 32.9 Å². The van der Waals surface area contributed by atoms with Crippen LogP contribution < -0.4 is 4.72 Å². The summed E-state index contributed by atoms with van der Waals surface area (Å²) in [4.78, 5) is 0. The van der Waals surface area contributed by atoms with Crippen molar-refractivity contribution in [1.82, 2.24) is 9.03 Å². The number of hydrogen-bond donors (Lipinski definition) is 1. The van der Waals surface area contributed by atoms with E-state index in [0.717, 1.165) is 0 Å². The van der Waals surface area contributed by atoms with Crippen LogP contribution in [0.15, 0.2) is 0 Å². The van der Waals surface area contributed by atoms with Gasteiger partial charge >= 0.3 is 0 Å². The lowest BCUT2D eigenvalue weighted by Crippen LogP contribution is -2.52. The Kier molecular flexibility index (Phi) is 3.88. The number of ether oxygens (including phenoxy) is 1. The fourth-order valence-electron chi connectivity index (χ4n) is 1.43. The maximum Gasteiger partial charge on any atom is 0.280 e. The van der Waals surface area contributed by atoms with Crippen LogP contribution in [-0.4, -0.2) is 44.6 Å². The Hall–Kier alpha value is -0.170. The molecule has 1 aliphatic rings. The number of nitrogens with one attached hydrogen (secondary N) is 1. The topological polar surface area (TPSA) is 58.6 Å². The minimum Gasteiger partial charge on any atom is -0.378 e. The van der Waals surface area contributed by atoms with E-state index in [1.165, 1.54) is 4.31 Å². The van der Waals surface area contributed by atoms with Crippen LogP contribution in [0.25, 0.3) is 0 Å².